The van der Waals surface area contributed by atoms with Gasteiger partial charge in [-0.15, -0.1) is 0 Å². The van der Waals surface area contributed by atoms with Gasteiger partial charge >= 0.3 is 5.97 Å². The van der Waals surface area contributed by atoms with E-state index in [0.717, 1.165) is 6.42 Å². The van der Waals surface area contributed by atoms with E-state index in [4.69, 9.17) is 9.47 Å². The first-order chi connectivity index (χ1) is 12.6. The van der Waals surface area contributed by atoms with Crippen LogP contribution in [0.4, 0.5) is 4.39 Å². The van der Waals surface area contributed by atoms with Gasteiger partial charge in [0.05, 0.1) is 18.4 Å². The Balaban J connectivity index is 1.76. The third-order valence-corrected chi connectivity index (χ3v) is 3.17. The number of nitrogens with one attached hydrogen (secondary N) is 1. The molecule has 6 nitrogen and oxygen atoms in total. The number of amides is 1. The lowest BCUT2D eigenvalue weighted by Gasteiger charge is -2.06. The zero-order valence-corrected chi connectivity index (χ0v) is 14.3. The van der Waals surface area contributed by atoms with Crippen LogP contribution >= 0.6 is 0 Å². The largest absolute Gasteiger partial charge is 0.484 e. The predicted molar refractivity (Wildman–Crippen MR) is 94.6 cm³/mol. The standard InChI is InChI=1S/C19H19FN2O4/c1-2-11-25-19(24)15-5-9-17(10-6-15)26-13-18(23)22-21-12-14-3-7-16(20)8-4-14/h3-10,12H,2,11,13H2,1H3,(H,22,23). The second-order valence-corrected chi connectivity index (χ2v) is 5.29. The number of hydrazone groups is 1. The second kappa shape index (κ2) is 9.93. The molecule has 136 valence electrons. The summed E-state index contributed by atoms with van der Waals surface area (Å²) >= 11 is 0. The molecule has 0 aliphatic rings. The minimum absolute atomic E-state index is 0.236. The molecule has 0 saturated heterocycles. The van der Waals surface area contributed by atoms with Gasteiger partial charge in [-0.3, -0.25) is 4.79 Å². The molecule has 0 fully saturated rings. The van der Waals surface area contributed by atoms with Crippen molar-refractivity contribution in [2.24, 2.45) is 5.10 Å². The molecule has 2 rings (SSSR count). The quantitative estimate of drug-likeness (QED) is 0.447. The predicted octanol–water partition coefficient (Wildman–Crippen LogP) is 2.92. The highest BCUT2D eigenvalue weighted by Gasteiger charge is 2.07. The van der Waals surface area contributed by atoms with Crippen LogP contribution in [0.3, 0.4) is 0 Å². The molecule has 26 heavy (non-hydrogen) atoms. The van der Waals surface area contributed by atoms with E-state index in [1.165, 1.54) is 30.5 Å². The van der Waals surface area contributed by atoms with Crippen LogP contribution in [0, 0.1) is 5.82 Å². The first-order valence-corrected chi connectivity index (χ1v) is 8.06. The second-order valence-electron chi connectivity index (χ2n) is 5.29. The summed E-state index contributed by atoms with van der Waals surface area (Å²) in [5.41, 5.74) is 3.37. The molecule has 7 heteroatoms. The fourth-order valence-electron chi connectivity index (χ4n) is 1.87. The van der Waals surface area contributed by atoms with Gasteiger partial charge in [0, 0.05) is 0 Å². The van der Waals surface area contributed by atoms with Crippen LogP contribution < -0.4 is 10.2 Å². The summed E-state index contributed by atoms with van der Waals surface area (Å²) in [5, 5.41) is 3.76. The number of nitrogens with zero attached hydrogens (tertiary/aromatic N) is 1. The number of halogens is 1. The molecule has 2 aromatic rings. The zero-order chi connectivity index (χ0) is 18.8. The summed E-state index contributed by atoms with van der Waals surface area (Å²) in [5.74, 6) is -0.750. The van der Waals surface area contributed by atoms with E-state index < -0.39 is 11.9 Å². The summed E-state index contributed by atoms with van der Waals surface area (Å²) in [4.78, 5) is 23.3. The molecule has 0 spiro atoms. The Kier molecular flexibility index (Phi) is 7.30. The SMILES string of the molecule is CCCOC(=O)c1ccc(OCC(=O)NN=Cc2ccc(F)cc2)cc1. The summed E-state index contributed by atoms with van der Waals surface area (Å²) in [6, 6.07) is 12.0. The molecule has 0 atom stereocenters. The fraction of sp³-hybridized carbons (Fsp3) is 0.211. The van der Waals surface area contributed by atoms with Crippen LogP contribution in [0.25, 0.3) is 0 Å². The topological polar surface area (TPSA) is 77.0 Å². The van der Waals surface area contributed by atoms with Crippen molar-refractivity contribution in [3.05, 3.63) is 65.5 Å². The Morgan fingerprint density at radius 2 is 1.81 bits per heavy atom. The highest BCUT2D eigenvalue weighted by atomic mass is 19.1. The number of esters is 1. The molecular formula is C19H19FN2O4. The van der Waals surface area contributed by atoms with Crippen molar-refractivity contribution < 1.29 is 23.5 Å². The Hall–Kier alpha value is -3.22. The number of carbonyl (C=O) groups excluding carboxylic acids is 2. The van der Waals surface area contributed by atoms with Crippen molar-refractivity contribution in [2.75, 3.05) is 13.2 Å². The molecule has 0 aliphatic heterocycles. The highest BCUT2D eigenvalue weighted by molar-refractivity contribution is 5.89. The van der Waals surface area contributed by atoms with Gasteiger partial charge in [0.2, 0.25) is 0 Å². The number of hydrogen-bond donors (Lipinski definition) is 1. The number of ether oxygens (including phenoxy) is 2. The molecule has 0 unspecified atom stereocenters. The lowest BCUT2D eigenvalue weighted by atomic mass is 10.2. The van der Waals surface area contributed by atoms with Gasteiger partial charge in [-0.25, -0.2) is 14.6 Å². The minimum Gasteiger partial charge on any atom is -0.484 e. The van der Waals surface area contributed by atoms with Crippen molar-refractivity contribution in [2.45, 2.75) is 13.3 Å². The van der Waals surface area contributed by atoms with Gasteiger partial charge in [-0.05, 0) is 48.4 Å². The molecule has 0 aliphatic carbocycles. The van der Waals surface area contributed by atoms with E-state index in [1.54, 1.807) is 24.3 Å². The zero-order valence-electron chi connectivity index (χ0n) is 14.3. The van der Waals surface area contributed by atoms with E-state index in [2.05, 4.69) is 10.5 Å². The van der Waals surface area contributed by atoms with E-state index in [9.17, 15) is 14.0 Å². The van der Waals surface area contributed by atoms with Crippen LogP contribution in [-0.2, 0) is 9.53 Å². The first kappa shape index (κ1) is 19.1. The lowest BCUT2D eigenvalue weighted by Crippen LogP contribution is -2.24. The number of carbonyl (C=O) groups is 2. The maximum atomic E-state index is 12.8. The Morgan fingerprint density at radius 1 is 1.12 bits per heavy atom. The van der Waals surface area contributed by atoms with E-state index in [0.29, 0.717) is 23.5 Å². The van der Waals surface area contributed by atoms with Gasteiger partial charge in [-0.1, -0.05) is 19.1 Å². The van der Waals surface area contributed by atoms with Crippen LogP contribution in [-0.4, -0.2) is 31.3 Å². The molecule has 0 heterocycles. The van der Waals surface area contributed by atoms with Crippen molar-refractivity contribution >= 4 is 18.1 Å². The summed E-state index contributed by atoms with van der Waals surface area (Å²) < 4.78 is 23.1. The molecule has 1 amide bonds. The summed E-state index contributed by atoms with van der Waals surface area (Å²) in [6.07, 6.45) is 2.15. The lowest BCUT2D eigenvalue weighted by molar-refractivity contribution is -0.123. The van der Waals surface area contributed by atoms with Gasteiger partial charge < -0.3 is 9.47 Å². The molecule has 0 aromatic heterocycles. The molecule has 0 radical (unpaired) electrons. The third-order valence-electron chi connectivity index (χ3n) is 3.17. The normalized spacial score (nSPS) is 10.5. The van der Waals surface area contributed by atoms with Crippen LogP contribution in [0.1, 0.15) is 29.3 Å². The van der Waals surface area contributed by atoms with E-state index in [1.807, 2.05) is 6.92 Å². The molecule has 0 bridgehead atoms. The van der Waals surface area contributed by atoms with Gasteiger partial charge in [0.25, 0.3) is 5.91 Å². The average molecular weight is 358 g/mol. The molecule has 1 N–H and O–H groups in total. The fourth-order valence-corrected chi connectivity index (χ4v) is 1.87. The van der Waals surface area contributed by atoms with Gasteiger partial charge in [0.15, 0.2) is 6.61 Å². The van der Waals surface area contributed by atoms with Gasteiger partial charge in [-0.2, -0.15) is 5.10 Å². The monoisotopic (exact) mass is 358 g/mol. The minimum atomic E-state index is -0.449. The Bertz CT molecular complexity index is 758. The molecule has 2 aromatic carbocycles. The maximum Gasteiger partial charge on any atom is 0.338 e. The van der Waals surface area contributed by atoms with Crippen LogP contribution in [0.15, 0.2) is 53.6 Å². The molecule has 0 saturated carbocycles. The van der Waals surface area contributed by atoms with Crippen molar-refractivity contribution in [1.82, 2.24) is 5.43 Å². The third kappa shape index (κ3) is 6.35. The number of hydrogen-bond acceptors (Lipinski definition) is 5. The van der Waals surface area contributed by atoms with Crippen molar-refractivity contribution in [3.63, 3.8) is 0 Å². The maximum absolute atomic E-state index is 12.8. The van der Waals surface area contributed by atoms with Gasteiger partial charge in [0.1, 0.15) is 11.6 Å². The van der Waals surface area contributed by atoms with E-state index in [-0.39, 0.29) is 12.4 Å². The van der Waals surface area contributed by atoms with Crippen LogP contribution in [0.2, 0.25) is 0 Å². The first-order valence-electron chi connectivity index (χ1n) is 8.06. The summed E-state index contributed by atoms with van der Waals surface area (Å²) in [6.45, 7) is 2.05. The molecular weight excluding hydrogens is 339 g/mol. The van der Waals surface area contributed by atoms with E-state index >= 15 is 0 Å². The summed E-state index contributed by atoms with van der Waals surface area (Å²) in [7, 11) is 0. The van der Waals surface area contributed by atoms with Crippen LogP contribution in [0.5, 0.6) is 5.75 Å². The van der Waals surface area contributed by atoms with Crippen molar-refractivity contribution in [1.29, 1.82) is 0 Å². The van der Waals surface area contributed by atoms with Crippen molar-refractivity contribution in [3.8, 4) is 5.75 Å². The smallest absolute Gasteiger partial charge is 0.338 e. The number of benzene rings is 2. The number of rotatable bonds is 8. The Morgan fingerprint density at radius 3 is 2.46 bits per heavy atom. The highest BCUT2D eigenvalue weighted by Crippen LogP contribution is 2.13. The Labute approximate surface area is 150 Å². The average Bonchev–Trinajstić information content (AvgIpc) is 2.66.